The highest BCUT2D eigenvalue weighted by Gasteiger charge is 2.17. The summed E-state index contributed by atoms with van der Waals surface area (Å²) < 4.78 is 13.4. The highest BCUT2D eigenvalue weighted by molar-refractivity contribution is 8.00. The number of ketones is 1. The smallest absolute Gasteiger partial charge is 0.173 e. The number of rotatable bonds is 6. The van der Waals surface area contributed by atoms with Crippen molar-refractivity contribution in [2.75, 3.05) is 5.75 Å². The zero-order valence-corrected chi connectivity index (χ0v) is 18.2. The van der Waals surface area contributed by atoms with Gasteiger partial charge in [0.2, 0.25) is 0 Å². The second kappa shape index (κ2) is 9.59. The van der Waals surface area contributed by atoms with E-state index >= 15 is 0 Å². The predicted molar refractivity (Wildman–Crippen MR) is 126 cm³/mol. The molecule has 4 rings (SSSR count). The van der Waals surface area contributed by atoms with Crippen LogP contribution in [0.15, 0.2) is 90.0 Å². The summed E-state index contributed by atoms with van der Waals surface area (Å²) in [7, 11) is 0. The highest BCUT2D eigenvalue weighted by atomic mass is 32.2. The normalized spacial score (nSPS) is 10.5. The summed E-state index contributed by atoms with van der Waals surface area (Å²) >= 11 is 1.24. The van der Waals surface area contributed by atoms with Crippen molar-refractivity contribution in [3.05, 3.63) is 107 Å². The molecule has 1 aromatic heterocycles. The minimum Gasteiger partial charge on any atom is -0.293 e. The average Bonchev–Trinajstić information content (AvgIpc) is 2.83. The molecular weight excluding hydrogens is 419 g/mol. The van der Waals surface area contributed by atoms with Gasteiger partial charge in [-0.1, -0.05) is 71.9 Å². The van der Waals surface area contributed by atoms with Gasteiger partial charge in [-0.15, -0.1) is 0 Å². The third kappa shape index (κ3) is 4.77. The molecule has 0 N–H and O–H groups in total. The second-order valence-electron chi connectivity index (χ2n) is 7.30. The first kappa shape index (κ1) is 21.5. The molecule has 0 atom stereocenters. The number of hydrogen-bond donors (Lipinski definition) is 0. The van der Waals surface area contributed by atoms with E-state index < -0.39 is 0 Å². The van der Waals surface area contributed by atoms with Gasteiger partial charge in [0.05, 0.1) is 17.0 Å². The molecule has 4 aromatic rings. The van der Waals surface area contributed by atoms with Crippen LogP contribution in [-0.4, -0.2) is 16.5 Å². The van der Waals surface area contributed by atoms with E-state index in [2.05, 4.69) is 11.1 Å². The molecule has 0 radical (unpaired) electrons. The lowest BCUT2D eigenvalue weighted by molar-refractivity contribution is 0.102. The quantitative estimate of drug-likeness (QED) is 0.248. The fraction of sp³-hybridized carbons (Fsp3) is 0.0741. The van der Waals surface area contributed by atoms with Crippen LogP contribution in [0.4, 0.5) is 4.39 Å². The van der Waals surface area contributed by atoms with E-state index in [0.717, 1.165) is 22.3 Å². The van der Waals surface area contributed by atoms with Gasteiger partial charge in [0.15, 0.2) is 5.78 Å². The molecule has 5 heteroatoms. The molecular formula is C27H19FN2OS. The maximum Gasteiger partial charge on any atom is 0.173 e. The highest BCUT2D eigenvalue weighted by Crippen LogP contribution is 2.34. The standard InChI is InChI=1S/C27H19FN2OS/c1-18-7-9-21(10-8-18)26(31)17-32-27-24(16-29)23(19-5-3-2-4-6-19)15-25(30-27)20-11-13-22(28)14-12-20/h2-15H,17H2,1H3. The number of Topliss-reactive ketones (excluding diaryl/α,β-unsaturated/α-hetero) is 1. The number of aromatic nitrogens is 1. The predicted octanol–water partition coefficient (Wildman–Crippen LogP) is 6.71. The van der Waals surface area contributed by atoms with Crippen LogP contribution >= 0.6 is 11.8 Å². The Labute approximate surface area is 190 Å². The van der Waals surface area contributed by atoms with E-state index in [-0.39, 0.29) is 17.4 Å². The Hall–Kier alpha value is -3.75. The van der Waals surface area contributed by atoms with E-state index in [0.29, 0.717) is 21.8 Å². The van der Waals surface area contributed by atoms with Crippen LogP contribution in [0.1, 0.15) is 21.5 Å². The van der Waals surface area contributed by atoms with Gasteiger partial charge in [0.25, 0.3) is 0 Å². The molecule has 1 heterocycles. The van der Waals surface area contributed by atoms with Crippen LogP contribution < -0.4 is 0 Å². The SMILES string of the molecule is Cc1ccc(C(=O)CSc2nc(-c3ccc(F)cc3)cc(-c3ccccc3)c2C#N)cc1. The lowest BCUT2D eigenvalue weighted by Crippen LogP contribution is -2.04. The lowest BCUT2D eigenvalue weighted by Gasteiger charge is -2.12. The Morgan fingerprint density at radius 1 is 0.969 bits per heavy atom. The van der Waals surface area contributed by atoms with Gasteiger partial charge in [0.1, 0.15) is 16.9 Å². The summed E-state index contributed by atoms with van der Waals surface area (Å²) in [4.78, 5) is 17.4. The number of hydrogen-bond acceptors (Lipinski definition) is 4. The van der Waals surface area contributed by atoms with Gasteiger partial charge in [-0.05, 0) is 42.8 Å². The largest absolute Gasteiger partial charge is 0.293 e. The third-order valence-corrected chi connectivity index (χ3v) is 6.01. The maximum atomic E-state index is 13.4. The van der Waals surface area contributed by atoms with Crippen molar-refractivity contribution in [1.82, 2.24) is 4.98 Å². The first-order chi connectivity index (χ1) is 15.5. The van der Waals surface area contributed by atoms with Gasteiger partial charge in [0, 0.05) is 16.7 Å². The fourth-order valence-electron chi connectivity index (χ4n) is 3.30. The Balaban J connectivity index is 1.75. The molecule has 0 saturated heterocycles. The molecule has 0 aliphatic heterocycles. The summed E-state index contributed by atoms with van der Waals surface area (Å²) in [5.41, 5.74) is 5.09. The first-order valence-corrected chi connectivity index (χ1v) is 11.0. The van der Waals surface area contributed by atoms with Crippen molar-refractivity contribution in [2.24, 2.45) is 0 Å². The number of nitrogens with zero attached hydrogens (tertiary/aromatic N) is 2. The average molecular weight is 439 g/mol. The van der Waals surface area contributed by atoms with Crippen LogP contribution in [-0.2, 0) is 0 Å². The number of benzene rings is 3. The zero-order chi connectivity index (χ0) is 22.5. The molecule has 0 unspecified atom stereocenters. The van der Waals surface area contributed by atoms with Crippen LogP contribution in [0.25, 0.3) is 22.4 Å². The van der Waals surface area contributed by atoms with Gasteiger partial charge in [-0.3, -0.25) is 4.79 Å². The number of halogens is 1. The van der Waals surface area contributed by atoms with Gasteiger partial charge >= 0.3 is 0 Å². The summed E-state index contributed by atoms with van der Waals surface area (Å²) in [6.07, 6.45) is 0. The van der Waals surface area contributed by atoms with Crippen molar-refractivity contribution < 1.29 is 9.18 Å². The van der Waals surface area contributed by atoms with Crippen LogP contribution in [0, 0.1) is 24.1 Å². The number of nitriles is 1. The van der Waals surface area contributed by atoms with Crippen molar-refractivity contribution in [3.63, 3.8) is 0 Å². The fourth-order valence-corrected chi connectivity index (χ4v) is 4.20. The van der Waals surface area contributed by atoms with E-state index in [1.54, 1.807) is 24.3 Å². The third-order valence-electron chi connectivity index (χ3n) is 5.04. The molecule has 0 aliphatic carbocycles. The molecule has 0 aliphatic rings. The van der Waals surface area contributed by atoms with Crippen LogP contribution in [0.3, 0.4) is 0 Å². The topological polar surface area (TPSA) is 53.8 Å². The van der Waals surface area contributed by atoms with E-state index in [4.69, 9.17) is 0 Å². The van der Waals surface area contributed by atoms with Gasteiger partial charge < -0.3 is 0 Å². The monoisotopic (exact) mass is 438 g/mol. The molecule has 0 amide bonds. The van der Waals surface area contributed by atoms with E-state index in [9.17, 15) is 14.4 Å². The number of pyridine rings is 1. The Bertz CT molecular complexity index is 1290. The number of aryl methyl sites for hydroxylation is 1. The minimum atomic E-state index is -0.330. The van der Waals surface area contributed by atoms with Crippen molar-refractivity contribution in [1.29, 1.82) is 5.26 Å². The van der Waals surface area contributed by atoms with Gasteiger partial charge in [-0.25, -0.2) is 9.37 Å². The Morgan fingerprint density at radius 2 is 1.66 bits per heavy atom. The van der Waals surface area contributed by atoms with Crippen LogP contribution in [0.5, 0.6) is 0 Å². The molecule has 0 spiro atoms. The summed E-state index contributed by atoms with van der Waals surface area (Å²) in [5.74, 6) is -0.204. The van der Waals surface area contributed by atoms with Crippen molar-refractivity contribution >= 4 is 17.5 Å². The Morgan fingerprint density at radius 3 is 2.31 bits per heavy atom. The van der Waals surface area contributed by atoms with Crippen molar-refractivity contribution in [2.45, 2.75) is 11.9 Å². The molecule has 3 aromatic carbocycles. The maximum absolute atomic E-state index is 13.4. The van der Waals surface area contributed by atoms with Crippen LogP contribution in [0.2, 0.25) is 0 Å². The minimum absolute atomic E-state index is 0.0332. The summed E-state index contributed by atoms with van der Waals surface area (Å²) in [5, 5.41) is 10.4. The molecule has 0 saturated carbocycles. The van der Waals surface area contributed by atoms with Crippen molar-refractivity contribution in [3.8, 4) is 28.5 Å². The molecule has 0 fully saturated rings. The van der Waals surface area contributed by atoms with E-state index in [1.165, 1.54) is 23.9 Å². The molecule has 0 bridgehead atoms. The summed E-state index contributed by atoms with van der Waals surface area (Å²) in [6, 6.07) is 27.2. The van der Waals surface area contributed by atoms with Gasteiger partial charge in [-0.2, -0.15) is 5.26 Å². The second-order valence-corrected chi connectivity index (χ2v) is 8.26. The molecule has 3 nitrogen and oxygen atoms in total. The number of thioether (sulfide) groups is 1. The zero-order valence-electron chi connectivity index (χ0n) is 17.4. The lowest BCUT2D eigenvalue weighted by atomic mass is 9.99. The van der Waals surface area contributed by atoms with E-state index in [1.807, 2.05) is 55.5 Å². The molecule has 32 heavy (non-hydrogen) atoms. The molecule has 156 valence electrons. The summed E-state index contributed by atoms with van der Waals surface area (Å²) in [6.45, 7) is 1.97. The Kier molecular flexibility index (Phi) is 6.44. The first-order valence-electron chi connectivity index (χ1n) is 10.0. The number of carbonyl (C=O) groups excluding carboxylic acids is 1. The number of carbonyl (C=O) groups is 1.